The fraction of sp³-hybridized carbons (Fsp3) is 0.364. The summed E-state index contributed by atoms with van der Waals surface area (Å²) in [6.45, 7) is 7.52. The number of hydrogen-bond donors (Lipinski definition) is 1. The third-order valence-corrected chi connectivity index (χ3v) is 6.81. The fourth-order valence-electron chi connectivity index (χ4n) is 3.08. The lowest BCUT2D eigenvalue weighted by Gasteiger charge is -2.12. The first kappa shape index (κ1) is 23.0. The molecule has 2 heterocycles. The molecule has 0 spiro atoms. The Morgan fingerprint density at radius 1 is 1.39 bits per heavy atom. The number of anilines is 1. The number of nitrogens with zero attached hydrogens (tertiary/aromatic N) is 3. The smallest absolute Gasteiger partial charge is 0.263 e. The molecule has 3 aromatic rings. The van der Waals surface area contributed by atoms with E-state index < -0.39 is 0 Å². The van der Waals surface area contributed by atoms with Crippen LogP contribution in [0.3, 0.4) is 0 Å². The number of fused-ring (bicyclic) bond motifs is 1. The van der Waals surface area contributed by atoms with Gasteiger partial charge in [0.15, 0.2) is 5.16 Å². The Kier molecular flexibility index (Phi) is 7.85. The minimum atomic E-state index is -0.228. The first-order valence-corrected chi connectivity index (χ1v) is 11.8. The van der Waals surface area contributed by atoms with Gasteiger partial charge in [-0.2, -0.15) is 5.26 Å². The quantitative estimate of drug-likeness (QED) is 0.296. The van der Waals surface area contributed by atoms with Gasteiger partial charge in [0, 0.05) is 30.3 Å². The second-order valence-corrected chi connectivity index (χ2v) is 9.04. The Morgan fingerprint density at radius 3 is 2.94 bits per heavy atom. The average molecular weight is 457 g/mol. The van der Waals surface area contributed by atoms with Gasteiger partial charge in [0.25, 0.3) is 5.56 Å². The van der Waals surface area contributed by atoms with Crippen LogP contribution in [0.1, 0.15) is 29.3 Å². The lowest BCUT2D eigenvalue weighted by Crippen LogP contribution is -2.25. The van der Waals surface area contributed by atoms with Crippen molar-refractivity contribution in [3.63, 3.8) is 0 Å². The number of thioether (sulfide) groups is 1. The zero-order valence-corrected chi connectivity index (χ0v) is 19.4. The van der Waals surface area contributed by atoms with E-state index in [1.54, 1.807) is 28.8 Å². The molecule has 2 aromatic heterocycles. The van der Waals surface area contributed by atoms with Gasteiger partial charge in [-0.25, -0.2) is 4.98 Å². The van der Waals surface area contributed by atoms with Crippen molar-refractivity contribution in [2.75, 3.05) is 24.3 Å². The van der Waals surface area contributed by atoms with Crippen molar-refractivity contribution < 1.29 is 9.53 Å². The Hall–Kier alpha value is -2.67. The molecule has 0 aliphatic rings. The monoisotopic (exact) mass is 456 g/mol. The SMILES string of the molecule is CCOCCCn1c(SCC(=O)Nc2cccc(C#N)c2)nc2sc(C)c(C)c2c1=O. The van der Waals surface area contributed by atoms with Crippen molar-refractivity contribution >= 4 is 44.9 Å². The van der Waals surface area contributed by atoms with E-state index in [0.717, 1.165) is 10.4 Å². The minimum absolute atomic E-state index is 0.0759. The number of ether oxygens (including phenoxy) is 1. The van der Waals surface area contributed by atoms with Crippen LogP contribution < -0.4 is 10.9 Å². The molecule has 162 valence electrons. The number of rotatable bonds is 9. The van der Waals surface area contributed by atoms with Crippen molar-refractivity contribution in [1.82, 2.24) is 9.55 Å². The van der Waals surface area contributed by atoms with Crippen LogP contribution in [0.25, 0.3) is 10.2 Å². The number of carbonyl (C=O) groups is 1. The van der Waals surface area contributed by atoms with Gasteiger partial charge in [-0.05, 0) is 51.0 Å². The van der Waals surface area contributed by atoms with E-state index >= 15 is 0 Å². The van der Waals surface area contributed by atoms with E-state index in [-0.39, 0.29) is 17.2 Å². The third kappa shape index (κ3) is 5.53. The summed E-state index contributed by atoms with van der Waals surface area (Å²) < 4.78 is 7.05. The van der Waals surface area contributed by atoms with E-state index in [1.807, 2.05) is 20.8 Å². The number of aryl methyl sites for hydroxylation is 2. The molecule has 0 saturated heterocycles. The van der Waals surface area contributed by atoms with E-state index in [0.29, 0.717) is 52.8 Å². The molecule has 0 aliphatic carbocycles. The van der Waals surface area contributed by atoms with E-state index in [2.05, 4.69) is 11.4 Å². The van der Waals surface area contributed by atoms with Crippen LogP contribution in [0.4, 0.5) is 5.69 Å². The molecule has 0 aliphatic heterocycles. The van der Waals surface area contributed by atoms with Gasteiger partial charge in [0.1, 0.15) is 4.83 Å². The summed E-state index contributed by atoms with van der Waals surface area (Å²) in [5, 5.41) is 13.0. The number of amides is 1. The average Bonchev–Trinajstić information content (AvgIpc) is 3.04. The lowest BCUT2D eigenvalue weighted by atomic mass is 10.2. The van der Waals surface area contributed by atoms with E-state index in [1.165, 1.54) is 23.1 Å². The first-order valence-electron chi connectivity index (χ1n) is 9.95. The minimum Gasteiger partial charge on any atom is -0.382 e. The molecule has 7 nitrogen and oxygen atoms in total. The van der Waals surface area contributed by atoms with Gasteiger partial charge in [-0.15, -0.1) is 11.3 Å². The molecule has 1 N–H and O–H groups in total. The maximum absolute atomic E-state index is 13.2. The normalized spacial score (nSPS) is 10.9. The zero-order valence-electron chi connectivity index (χ0n) is 17.7. The topological polar surface area (TPSA) is 97.0 Å². The number of carbonyl (C=O) groups excluding carboxylic acids is 1. The second kappa shape index (κ2) is 10.6. The summed E-state index contributed by atoms with van der Waals surface area (Å²) in [5.74, 6) is -0.127. The van der Waals surface area contributed by atoms with Crippen LogP contribution in [0, 0.1) is 25.2 Å². The highest BCUT2D eigenvalue weighted by Crippen LogP contribution is 2.28. The van der Waals surface area contributed by atoms with Gasteiger partial charge < -0.3 is 10.1 Å². The van der Waals surface area contributed by atoms with Crippen LogP contribution >= 0.6 is 23.1 Å². The molecule has 0 bridgehead atoms. The van der Waals surface area contributed by atoms with Crippen LogP contribution in [0.2, 0.25) is 0 Å². The fourth-order valence-corrected chi connectivity index (χ4v) is 4.97. The zero-order chi connectivity index (χ0) is 22.4. The van der Waals surface area contributed by atoms with Gasteiger partial charge in [0.05, 0.1) is 22.8 Å². The second-order valence-electron chi connectivity index (χ2n) is 6.89. The number of thiophene rings is 1. The van der Waals surface area contributed by atoms with Crippen molar-refractivity contribution in [2.45, 2.75) is 38.9 Å². The van der Waals surface area contributed by atoms with Crippen molar-refractivity contribution in [2.24, 2.45) is 0 Å². The summed E-state index contributed by atoms with van der Waals surface area (Å²) >= 11 is 2.73. The molecule has 0 atom stereocenters. The van der Waals surface area contributed by atoms with Gasteiger partial charge in [-0.3, -0.25) is 14.2 Å². The van der Waals surface area contributed by atoms with Crippen LogP contribution in [-0.2, 0) is 16.1 Å². The maximum Gasteiger partial charge on any atom is 0.263 e. The maximum atomic E-state index is 13.2. The van der Waals surface area contributed by atoms with E-state index in [9.17, 15) is 9.59 Å². The highest BCUT2D eigenvalue weighted by molar-refractivity contribution is 7.99. The summed E-state index contributed by atoms with van der Waals surface area (Å²) in [6.07, 6.45) is 0.684. The molecule has 0 unspecified atom stereocenters. The van der Waals surface area contributed by atoms with Gasteiger partial charge >= 0.3 is 0 Å². The lowest BCUT2D eigenvalue weighted by molar-refractivity contribution is -0.113. The number of nitriles is 1. The molecular weight excluding hydrogens is 432 g/mol. The van der Waals surface area contributed by atoms with Gasteiger partial charge in [-0.1, -0.05) is 17.8 Å². The summed E-state index contributed by atoms with van der Waals surface area (Å²) in [6, 6.07) is 8.79. The molecule has 9 heteroatoms. The Labute approximate surface area is 189 Å². The molecule has 0 radical (unpaired) electrons. The summed E-state index contributed by atoms with van der Waals surface area (Å²) in [5.41, 5.74) is 1.92. The summed E-state index contributed by atoms with van der Waals surface area (Å²) in [4.78, 5) is 32.1. The molecule has 3 rings (SSSR count). The van der Waals surface area contributed by atoms with Crippen molar-refractivity contribution in [3.8, 4) is 6.07 Å². The van der Waals surface area contributed by atoms with Crippen LogP contribution in [0.15, 0.2) is 34.2 Å². The molecule has 1 amide bonds. The molecule has 0 fully saturated rings. The largest absolute Gasteiger partial charge is 0.382 e. The molecule has 0 saturated carbocycles. The van der Waals surface area contributed by atoms with E-state index in [4.69, 9.17) is 15.0 Å². The number of aromatic nitrogens is 2. The molecule has 31 heavy (non-hydrogen) atoms. The number of benzene rings is 1. The van der Waals surface area contributed by atoms with Crippen LogP contribution in [-0.4, -0.2) is 34.4 Å². The predicted molar refractivity (Wildman–Crippen MR) is 125 cm³/mol. The predicted octanol–water partition coefficient (Wildman–Crippen LogP) is 4.10. The molecule has 1 aromatic carbocycles. The standard InChI is InChI=1S/C22H24N4O3S2/c1-4-29-10-6-9-26-21(28)19-14(2)15(3)31-20(19)25-22(26)30-13-18(27)24-17-8-5-7-16(11-17)12-23/h5,7-8,11H,4,6,9-10,13H2,1-3H3,(H,24,27). The van der Waals surface area contributed by atoms with Crippen LogP contribution in [0.5, 0.6) is 0 Å². The summed E-state index contributed by atoms with van der Waals surface area (Å²) in [7, 11) is 0. The Bertz CT molecular complexity index is 1190. The number of nitrogens with one attached hydrogen (secondary N) is 1. The van der Waals surface area contributed by atoms with Crippen molar-refractivity contribution in [1.29, 1.82) is 5.26 Å². The molecular formula is C22H24N4O3S2. The Balaban J connectivity index is 1.81. The third-order valence-electron chi connectivity index (χ3n) is 4.74. The van der Waals surface area contributed by atoms with Gasteiger partial charge in [0.2, 0.25) is 5.91 Å². The van der Waals surface area contributed by atoms with Crippen molar-refractivity contribution in [3.05, 3.63) is 50.6 Å². The highest BCUT2D eigenvalue weighted by Gasteiger charge is 2.17. The highest BCUT2D eigenvalue weighted by atomic mass is 32.2. The Morgan fingerprint density at radius 2 is 2.19 bits per heavy atom. The first-order chi connectivity index (χ1) is 14.9. The number of hydrogen-bond acceptors (Lipinski definition) is 7.